The summed E-state index contributed by atoms with van der Waals surface area (Å²) in [5.74, 6) is 0.424. The van der Waals surface area contributed by atoms with E-state index in [9.17, 15) is 4.79 Å². The maximum absolute atomic E-state index is 12.7. The molecule has 0 spiro atoms. The lowest BCUT2D eigenvalue weighted by Gasteiger charge is -2.22. The highest BCUT2D eigenvalue weighted by atomic mass is 32.1. The van der Waals surface area contributed by atoms with E-state index in [1.807, 2.05) is 62.4 Å². The van der Waals surface area contributed by atoms with Crippen LogP contribution in [0.4, 0.5) is 0 Å². The Morgan fingerprint density at radius 2 is 1.93 bits per heavy atom. The van der Waals surface area contributed by atoms with Gasteiger partial charge in [0, 0.05) is 12.6 Å². The Labute approximate surface area is 166 Å². The van der Waals surface area contributed by atoms with Crippen molar-refractivity contribution in [1.29, 1.82) is 0 Å². The van der Waals surface area contributed by atoms with Crippen molar-refractivity contribution < 1.29 is 4.79 Å². The summed E-state index contributed by atoms with van der Waals surface area (Å²) in [4.78, 5) is 20.4. The first-order chi connectivity index (χ1) is 13.5. The molecule has 2 heterocycles. The molecule has 8 heteroatoms. The van der Waals surface area contributed by atoms with E-state index in [-0.39, 0.29) is 18.5 Å². The van der Waals surface area contributed by atoms with Crippen LogP contribution in [0.25, 0.3) is 21.6 Å². The normalized spacial score (nSPS) is 12.2. The van der Waals surface area contributed by atoms with Gasteiger partial charge in [0.1, 0.15) is 11.6 Å². The summed E-state index contributed by atoms with van der Waals surface area (Å²) in [7, 11) is 1.78. The fourth-order valence-electron chi connectivity index (χ4n) is 2.92. The lowest BCUT2D eigenvalue weighted by atomic mass is 10.1. The highest BCUT2D eigenvalue weighted by molar-refractivity contribution is 7.18. The molecule has 1 amide bonds. The molecule has 7 nitrogen and oxygen atoms in total. The fourth-order valence-corrected chi connectivity index (χ4v) is 3.99. The molecule has 0 saturated heterocycles. The van der Waals surface area contributed by atoms with Gasteiger partial charge in [-0.25, -0.2) is 4.98 Å². The Hall–Kier alpha value is -3.13. The van der Waals surface area contributed by atoms with Crippen LogP contribution in [0.2, 0.25) is 0 Å². The van der Waals surface area contributed by atoms with Gasteiger partial charge in [-0.1, -0.05) is 36.4 Å². The number of hydrogen-bond donors (Lipinski definition) is 0. The van der Waals surface area contributed by atoms with Crippen molar-refractivity contribution in [1.82, 2.24) is 30.1 Å². The van der Waals surface area contributed by atoms with Gasteiger partial charge in [-0.3, -0.25) is 4.79 Å². The van der Waals surface area contributed by atoms with Gasteiger partial charge in [-0.05, 0) is 36.8 Å². The van der Waals surface area contributed by atoms with Gasteiger partial charge in [0.25, 0.3) is 0 Å². The van der Waals surface area contributed by atoms with Gasteiger partial charge in [0.2, 0.25) is 11.7 Å². The number of benzene rings is 2. The molecule has 28 heavy (non-hydrogen) atoms. The molecule has 2 aromatic heterocycles. The van der Waals surface area contributed by atoms with Crippen molar-refractivity contribution in [2.45, 2.75) is 26.4 Å². The van der Waals surface area contributed by atoms with E-state index in [2.05, 4.69) is 20.4 Å². The zero-order valence-corrected chi connectivity index (χ0v) is 16.7. The standard InChI is InChI=1S/C20H20N6OS/c1-13-8-4-5-9-15(13)19-22-24-26(23-19)12-18(27)25(3)14(2)20-21-16-10-6-7-11-17(16)28-20/h4-11,14H,12H2,1-3H3. The Kier molecular flexibility index (Phi) is 4.87. The third-order valence-electron chi connectivity index (χ3n) is 4.76. The summed E-state index contributed by atoms with van der Waals surface area (Å²) in [5, 5.41) is 13.4. The molecule has 4 rings (SSSR count). The molecule has 1 unspecified atom stereocenters. The Morgan fingerprint density at radius 1 is 1.18 bits per heavy atom. The molecule has 2 aromatic carbocycles. The number of para-hydroxylation sites is 1. The first-order valence-electron chi connectivity index (χ1n) is 8.98. The number of carbonyl (C=O) groups excluding carboxylic acids is 1. The lowest BCUT2D eigenvalue weighted by Crippen LogP contribution is -2.33. The van der Waals surface area contributed by atoms with Gasteiger partial charge in [0.15, 0.2) is 0 Å². The molecule has 0 fully saturated rings. The van der Waals surface area contributed by atoms with Gasteiger partial charge >= 0.3 is 0 Å². The largest absolute Gasteiger partial charge is 0.335 e. The highest BCUT2D eigenvalue weighted by Gasteiger charge is 2.22. The second-order valence-corrected chi connectivity index (χ2v) is 7.72. The SMILES string of the molecule is Cc1ccccc1-c1nnn(CC(=O)N(C)C(C)c2nc3ccccc3s2)n1. The molecule has 4 aromatic rings. The zero-order chi connectivity index (χ0) is 19.7. The highest BCUT2D eigenvalue weighted by Crippen LogP contribution is 2.28. The van der Waals surface area contributed by atoms with Crippen molar-refractivity contribution in [2.75, 3.05) is 7.05 Å². The van der Waals surface area contributed by atoms with Gasteiger partial charge in [-0.2, -0.15) is 4.80 Å². The monoisotopic (exact) mass is 392 g/mol. The first-order valence-corrected chi connectivity index (χ1v) is 9.79. The Morgan fingerprint density at radius 3 is 2.71 bits per heavy atom. The maximum Gasteiger partial charge on any atom is 0.246 e. The molecular formula is C20H20N6OS. The van der Waals surface area contributed by atoms with E-state index in [1.54, 1.807) is 23.3 Å². The number of nitrogens with zero attached hydrogens (tertiary/aromatic N) is 6. The third kappa shape index (κ3) is 3.50. The van der Waals surface area contributed by atoms with E-state index in [4.69, 9.17) is 0 Å². The van der Waals surface area contributed by atoms with Gasteiger partial charge < -0.3 is 4.90 Å². The van der Waals surface area contributed by atoms with Crippen LogP contribution in [0, 0.1) is 6.92 Å². The minimum atomic E-state index is -0.135. The lowest BCUT2D eigenvalue weighted by molar-refractivity contribution is -0.132. The average molecular weight is 392 g/mol. The van der Waals surface area contributed by atoms with Crippen molar-refractivity contribution >= 4 is 27.5 Å². The van der Waals surface area contributed by atoms with E-state index in [1.165, 1.54) is 4.80 Å². The number of rotatable bonds is 5. The number of aromatic nitrogens is 5. The van der Waals surface area contributed by atoms with Crippen LogP contribution in [0.3, 0.4) is 0 Å². The van der Waals surface area contributed by atoms with E-state index in [0.717, 1.165) is 26.4 Å². The molecule has 0 aliphatic rings. The Bertz CT molecular complexity index is 1100. The predicted octanol–water partition coefficient (Wildman–Crippen LogP) is 3.48. The summed E-state index contributed by atoms with van der Waals surface area (Å²) < 4.78 is 1.12. The zero-order valence-electron chi connectivity index (χ0n) is 15.9. The summed E-state index contributed by atoms with van der Waals surface area (Å²) >= 11 is 1.61. The number of hydrogen-bond acceptors (Lipinski definition) is 6. The summed E-state index contributed by atoms with van der Waals surface area (Å²) in [6, 6.07) is 15.7. The average Bonchev–Trinajstić information content (AvgIpc) is 3.34. The number of likely N-dealkylation sites (N-methyl/N-ethyl adjacent to an activating group) is 1. The predicted molar refractivity (Wildman–Crippen MR) is 109 cm³/mol. The number of fused-ring (bicyclic) bond motifs is 1. The first kappa shape index (κ1) is 18.2. The van der Waals surface area contributed by atoms with Gasteiger partial charge in [0.05, 0.1) is 16.3 Å². The van der Waals surface area contributed by atoms with Crippen LogP contribution in [0.5, 0.6) is 0 Å². The van der Waals surface area contributed by atoms with Crippen LogP contribution in [-0.2, 0) is 11.3 Å². The van der Waals surface area contributed by atoms with Crippen molar-refractivity contribution in [3.05, 3.63) is 59.1 Å². The molecular weight excluding hydrogens is 372 g/mol. The van der Waals surface area contributed by atoms with Crippen molar-refractivity contribution in [2.24, 2.45) is 0 Å². The minimum absolute atomic E-state index is 0.0324. The second-order valence-electron chi connectivity index (χ2n) is 6.66. The molecule has 0 aliphatic carbocycles. The summed E-state index contributed by atoms with van der Waals surface area (Å²) in [6.07, 6.45) is 0. The summed E-state index contributed by atoms with van der Waals surface area (Å²) in [5.41, 5.74) is 2.93. The van der Waals surface area contributed by atoms with Gasteiger partial charge in [-0.15, -0.1) is 21.5 Å². The van der Waals surface area contributed by atoms with Crippen LogP contribution in [0.1, 0.15) is 23.5 Å². The number of aryl methyl sites for hydroxylation is 1. The molecule has 0 saturated carbocycles. The minimum Gasteiger partial charge on any atom is -0.335 e. The third-order valence-corrected chi connectivity index (χ3v) is 5.96. The van der Waals surface area contributed by atoms with Crippen LogP contribution in [-0.4, -0.2) is 43.0 Å². The quantitative estimate of drug-likeness (QED) is 0.520. The Balaban J connectivity index is 1.48. The molecule has 0 bridgehead atoms. The number of thiazole rings is 1. The molecule has 0 aliphatic heterocycles. The number of tetrazole rings is 1. The fraction of sp³-hybridized carbons (Fsp3) is 0.250. The number of carbonyl (C=O) groups is 1. The van der Waals surface area contributed by atoms with E-state index in [0.29, 0.717) is 5.82 Å². The van der Waals surface area contributed by atoms with E-state index < -0.39 is 0 Å². The smallest absolute Gasteiger partial charge is 0.246 e. The molecule has 0 radical (unpaired) electrons. The van der Waals surface area contributed by atoms with E-state index >= 15 is 0 Å². The molecule has 142 valence electrons. The topological polar surface area (TPSA) is 76.8 Å². The maximum atomic E-state index is 12.7. The van der Waals surface area contributed by atoms with Crippen molar-refractivity contribution in [3.8, 4) is 11.4 Å². The van der Waals surface area contributed by atoms with Crippen LogP contribution >= 0.6 is 11.3 Å². The molecule has 1 atom stereocenters. The van der Waals surface area contributed by atoms with Crippen molar-refractivity contribution in [3.63, 3.8) is 0 Å². The van der Waals surface area contributed by atoms with Crippen LogP contribution in [0.15, 0.2) is 48.5 Å². The second kappa shape index (κ2) is 7.47. The number of amides is 1. The molecule has 0 N–H and O–H groups in total. The van der Waals surface area contributed by atoms with Crippen LogP contribution < -0.4 is 0 Å². The summed E-state index contributed by atoms with van der Waals surface area (Å²) in [6.45, 7) is 4.00.